The molecule has 1 atom stereocenters. The van der Waals surface area contributed by atoms with Gasteiger partial charge in [-0.05, 0) is 17.5 Å². The van der Waals surface area contributed by atoms with E-state index in [1.807, 2.05) is 0 Å². The summed E-state index contributed by atoms with van der Waals surface area (Å²) in [6, 6.07) is 13.4. The number of hydrogen-bond donors (Lipinski definition) is 1. The van der Waals surface area contributed by atoms with Crippen LogP contribution in [-0.4, -0.2) is 40.1 Å². The molecule has 2 rings (SSSR count). The molecule has 0 unspecified atom stereocenters. The van der Waals surface area contributed by atoms with Crippen LogP contribution < -0.4 is 0 Å². The van der Waals surface area contributed by atoms with Crippen LogP contribution in [0.2, 0.25) is 0 Å². The van der Waals surface area contributed by atoms with E-state index in [1.54, 1.807) is 30.3 Å². The SMILES string of the molecule is O=C(N(CCc1ccc([N+](=O)[O-])cc1)C[C@H](O)c1ccccc1)C(F)(F)F. The number of nitro benzene ring substituents is 1. The molecule has 9 heteroatoms. The van der Waals surface area contributed by atoms with E-state index in [4.69, 9.17) is 0 Å². The van der Waals surface area contributed by atoms with Crippen LogP contribution in [0.3, 0.4) is 0 Å². The van der Waals surface area contributed by atoms with E-state index < -0.39 is 29.7 Å². The second kappa shape index (κ2) is 8.63. The van der Waals surface area contributed by atoms with Gasteiger partial charge in [-0.15, -0.1) is 0 Å². The van der Waals surface area contributed by atoms with E-state index in [-0.39, 0.29) is 18.7 Å². The van der Waals surface area contributed by atoms with E-state index in [2.05, 4.69) is 0 Å². The summed E-state index contributed by atoms with van der Waals surface area (Å²) in [5, 5.41) is 20.8. The molecule has 1 amide bonds. The molecule has 27 heavy (non-hydrogen) atoms. The lowest BCUT2D eigenvalue weighted by molar-refractivity contribution is -0.384. The fourth-order valence-corrected chi connectivity index (χ4v) is 2.49. The lowest BCUT2D eigenvalue weighted by Gasteiger charge is -2.26. The molecule has 0 heterocycles. The fourth-order valence-electron chi connectivity index (χ4n) is 2.49. The average Bonchev–Trinajstić information content (AvgIpc) is 2.64. The van der Waals surface area contributed by atoms with Crippen molar-refractivity contribution in [3.8, 4) is 0 Å². The maximum Gasteiger partial charge on any atom is 0.471 e. The zero-order chi connectivity index (χ0) is 20.0. The zero-order valence-electron chi connectivity index (χ0n) is 14.1. The van der Waals surface area contributed by atoms with Crippen LogP contribution in [0.1, 0.15) is 17.2 Å². The van der Waals surface area contributed by atoms with Crippen molar-refractivity contribution in [3.63, 3.8) is 0 Å². The van der Waals surface area contributed by atoms with Gasteiger partial charge in [0, 0.05) is 18.7 Å². The molecule has 0 saturated heterocycles. The number of hydrogen-bond acceptors (Lipinski definition) is 4. The minimum absolute atomic E-state index is 0.0569. The molecule has 144 valence electrons. The summed E-state index contributed by atoms with van der Waals surface area (Å²) < 4.78 is 38.6. The third-order valence-electron chi connectivity index (χ3n) is 3.92. The Balaban J connectivity index is 2.10. The van der Waals surface area contributed by atoms with Crippen LogP contribution >= 0.6 is 0 Å². The monoisotopic (exact) mass is 382 g/mol. The van der Waals surface area contributed by atoms with Crippen LogP contribution in [0.15, 0.2) is 54.6 Å². The van der Waals surface area contributed by atoms with E-state index >= 15 is 0 Å². The summed E-state index contributed by atoms with van der Waals surface area (Å²) in [6.45, 7) is -0.810. The van der Waals surface area contributed by atoms with Gasteiger partial charge in [-0.1, -0.05) is 42.5 Å². The molecular formula is C18H17F3N2O4. The van der Waals surface area contributed by atoms with E-state index in [1.165, 1.54) is 24.3 Å². The second-order valence-corrected chi connectivity index (χ2v) is 5.85. The molecule has 2 aromatic carbocycles. The summed E-state index contributed by atoms with van der Waals surface area (Å²) in [5.74, 6) is -2.04. The molecule has 2 aromatic rings. The highest BCUT2D eigenvalue weighted by Crippen LogP contribution is 2.22. The Kier molecular flexibility index (Phi) is 6.51. The van der Waals surface area contributed by atoms with Crippen LogP contribution in [0.4, 0.5) is 18.9 Å². The van der Waals surface area contributed by atoms with Crippen LogP contribution in [0, 0.1) is 10.1 Å². The van der Waals surface area contributed by atoms with Gasteiger partial charge < -0.3 is 10.0 Å². The Labute approximate surface area is 153 Å². The molecule has 0 aliphatic heterocycles. The van der Waals surface area contributed by atoms with Crippen molar-refractivity contribution in [2.24, 2.45) is 0 Å². The van der Waals surface area contributed by atoms with Gasteiger partial charge in [-0.3, -0.25) is 14.9 Å². The number of non-ortho nitro benzene ring substituents is 1. The van der Waals surface area contributed by atoms with Gasteiger partial charge in [0.15, 0.2) is 0 Å². The molecule has 1 N–H and O–H groups in total. The largest absolute Gasteiger partial charge is 0.471 e. The van der Waals surface area contributed by atoms with Gasteiger partial charge in [0.25, 0.3) is 5.69 Å². The summed E-state index contributed by atoms with van der Waals surface area (Å²) in [7, 11) is 0. The van der Waals surface area contributed by atoms with Crippen molar-refractivity contribution in [2.45, 2.75) is 18.7 Å². The van der Waals surface area contributed by atoms with E-state index in [9.17, 15) is 33.2 Å². The Hall–Kier alpha value is -2.94. The number of benzene rings is 2. The molecule has 0 saturated carbocycles. The zero-order valence-corrected chi connectivity index (χ0v) is 14.1. The molecule has 0 radical (unpaired) electrons. The fraction of sp³-hybridized carbons (Fsp3) is 0.278. The lowest BCUT2D eigenvalue weighted by Crippen LogP contribution is -2.44. The molecule has 0 fully saturated rings. The molecule has 0 aromatic heterocycles. The van der Waals surface area contributed by atoms with Crippen LogP contribution in [0.25, 0.3) is 0 Å². The topological polar surface area (TPSA) is 83.7 Å². The molecule has 0 aliphatic carbocycles. The number of aliphatic hydroxyl groups is 1. The summed E-state index contributed by atoms with van der Waals surface area (Å²) >= 11 is 0. The number of nitrogens with zero attached hydrogens (tertiary/aromatic N) is 2. The lowest BCUT2D eigenvalue weighted by atomic mass is 10.1. The van der Waals surface area contributed by atoms with Crippen molar-refractivity contribution in [3.05, 3.63) is 75.8 Å². The quantitative estimate of drug-likeness (QED) is 0.589. The number of alkyl halides is 3. The highest BCUT2D eigenvalue weighted by molar-refractivity contribution is 5.81. The summed E-state index contributed by atoms with van der Waals surface area (Å²) in [4.78, 5) is 22.3. The Bertz CT molecular complexity index is 779. The minimum Gasteiger partial charge on any atom is -0.387 e. The van der Waals surface area contributed by atoms with Gasteiger partial charge in [-0.2, -0.15) is 13.2 Å². The Morgan fingerprint density at radius 1 is 1.11 bits per heavy atom. The molecule has 0 bridgehead atoms. The Morgan fingerprint density at radius 3 is 2.22 bits per heavy atom. The number of nitro groups is 1. The molecule has 0 aliphatic rings. The second-order valence-electron chi connectivity index (χ2n) is 5.85. The first-order chi connectivity index (χ1) is 12.7. The standard InChI is InChI=1S/C18H17F3N2O4/c19-18(20,21)17(25)22(12-16(24)14-4-2-1-3-5-14)11-10-13-6-8-15(9-7-13)23(26)27/h1-9,16,24H,10-12H2/t16-/m0/s1. The van der Waals surface area contributed by atoms with Gasteiger partial charge in [-0.25, -0.2) is 0 Å². The predicted octanol–water partition coefficient (Wildman–Crippen LogP) is 3.26. The number of carbonyl (C=O) groups is 1. The first-order valence-corrected chi connectivity index (χ1v) is 8.01. The number of rotatable bonds is 7. The smallest absolute Gasteiger partial charge is 0.387 e. The van der Waals surface area contributed by atoms with Crippen molar-refractivity contribution in [1.82, 2.24) is 4.90 Å². The van der Waals surface area contributed by atoms with Crippen LogP contribution in [0.5, 0.6) is 0 Å². The molecule has 6 nitrogen and oxygen atoms in total. The molecular weight excluding hydrogens is 365 g/mol. The van der Waals surface area contributed by atoms with Gasteiger partial charge in [0.1, 0.15) is 0 Å². The first-order valence-electron chi connectivity index (χ1n) is 8.01. The number of aliphatic hydroxyl groups excluding tert-OH is 1. The first kappa shape index (κ1) is 20.4. The Morgan fingerprint density at radius 2 is 1.70 bits per heavy atom. The summed E-state index contributed by atoms with van der Waals surface area (Å²) in [6.07, 6.45) is -6.28. The summed E-state index contributed by atoms with van der Waals surface area (Å²) in [5.41, 5.74) is 0.795. The average molecular weight is 382 g/mol. The number of carbonyl (C=O) groups excluding carboxylic acids is 1. The minimum atomic E-state index is -5.06. The van der Waals surface area contributed by atoms with Gasteiger partial charge in [0.2, 0.25) is 0 Å². The van der Waals surface area contributed by atoms with Crippen molar-refractivity contribution < 1.29 is 28.0 Å². The third-order valence-corrected chi connectivity index (χ3v) is 3.92. The maximum absolute atomic E-state index is 12.9. The number of amides is 1. The predicted molar refractivity (Wildman–Crippen MR) is 90.8 cm³/mol. The van der Waals surface area contributed by atoms with Crippen molar-refractivity contribution >= 4 is 11.6 Å². The molecule has 0 spiro atoms. The third kappa shape index (κ3) is 5.78. The van der Waals surface area contributed by atoms with Gasteiger partial charge in [0.05, 0.1) is 17.6 Å². The van der Waals surface area contributed by atoms with Crippen molar-refractivity contribution in [1.29, 1.82) is 0 Å². The normalized spacial score (nSPS) is 12.4. The van der Waals surface area contributed by atoms with E-state index in [0.717, 1.165) is 0 Å². The number of halogens is 3. The van der Waals surface area contributed by atoms with Gasteiger partial charge >= 0.3 is 12.1 Å². The maximum atomic E-state index is 12.9. The highest BCUT2D eigenvalue weighted by Gasteiger charge is 2.42. The van der Waals surface area contributed by atoms with Crippen molar-refractivity contribution in [2.75, 3.05) is 13.1 Å². The highest BCUT2D eigenvalue weighted by atomic mass is 19.4. The van der Waals surface area contributed by atoms with Crippen LogP contribution in [-0.2, 0) is 11.2 Å². The van der Waals surface area contributed by atoms with E-state index in [0.29, 0.717) is 16.0 Å².